The molecule has 0 amide bonds. The second kappa shape index (κ2) is 7.48. The van der Waals surface area contributed by atoms with Crippen molar-refractivity contribution in [1.29, 1.82) is 0 Å². The number of ether oxygens (including phenoxy) is 1. The average Bonchev–Trinajstić information content (AvgIpc) is 2.45. The summed E-state index contributed by atoms with van der Waals surface area (Å²) in [6, 6.07) is 0. The highest BCUT2D eigenvalue weighted by Crippen LogP contribution is 2.30. The second-order valence-corrected chi connectivity index (χ2v) is 5.66. The molecular formula is C16H28N2O2. The zero-order valence-electron chi connectivity index (χ0n) is 13.3. The molecule has 1 rings (SSSR count). The topological polar surface area (TPSA) is 50.4 Å². The molecule has 0 aromatic heterocycles. The lowest BCUT2D eigenvalue weighted by Gasteiger charge is -2.36. The van der Waals surface area contributed by atoms with Gasteiger partial charge in [0.25, 0.3) is 0 Å². The number of esters is 1. The Morgan fingerprint density at radius 3 is 2.65 bits per heavy atom. The Morgan fingerprint density at radius 1 is 1.45 bits per heavy atom. The second-order valence-electron chi connectivity index (χ2n) is 5.66. The maximum absolute atomic E-state index is 12.5. The van der Waals surface area contributed by atoms with Gasteiger partial charge in [-0.05, 0) is 31.9 Å². The van der Waals surface area contributed by atoms with Crippen LogP contribution >= 0.6 is 0 Å². The molecule has 4 nitrogen and oxygen atoms in total. The van der Waals surface area contributed by atoms with E-state index in [1.54, 1.807) is 0 Å². The highest BCUT2D eigenvalue weighted by molar-refractivity contribution is 5.85. The standard InChI is InChI=1S/C16H28N2O2/c1-6-13-11-14(17-4)7-9-16(13,18-5)15(19)20-10-8-12(2)3/h7,9,11-13,17-18H,6,8,10H2,1-5H3. The molecule has 0 saturated carbocycles. The molecule has 114 valence electrons. The molecule has 2 atom stereocenters. The van der Waals surface area contributed by atoms with E-state index in [1.165, 1.54) is 0 Å². The van der Waals surface area contributed by atoms with Crippen LogP contribution in [-0.2, 0) is 9.53 Å². The van der Waals surface area contributed by atoms with E-state index in [1.807, 2.05) is 26.2 Å². The fraction of sp³-hybridized carbons (Fsp3) is 0.688. The van der Waals surface area contributed by atoms with Gasteiger partial charge in [0.2, 0.25) is 0 Å². The molecule has 0 aliphatic heterocycles. The van der Waals surface area contributed by atoms with Gasteiger partial charge in [-0.3, -0.25) is 0 Å². The lowest BCUT2D eigenvalue weighted by molar-refractivity contribution is -0.151. The van der Waals surface area contributed by atoms with Crippen molar-refractivity contribution in [2.24, 2.45) is 11.8 Å². The summed E-state index contributed by atoms with van der Waals surface area (Å²) in [5.41, 5.74) is 0.296. The van der Waals surface area contributed by atoms with Crippen molar-refractivity contribution in [2.45, 2.75) is 39.2 Å². The highest BCUT2D eigenvalue weighted by atomic mass is 16.5. The number of carbonyl (C=O) groups is 1. The Kier molecular flexibility index (Phi) is 6.27. The van der Waals surface area contributed by atoms with Gasteiger partial charge in [0.15, 0.2) is 0 Å². The zero-order valence-corrected chi connectivity index (χ0v) is 13.3. The summed E-state index contributed by atoms with van der Waals surface area (Å²) in [7, 11) is 3.70. The van der Waals surface area contributed by atoms with Gasteiger partial charge in [0.05, 0.1) is 6.61 Å². The minimum atomic E-state index is -0.744. The van der Waals surface area contributed by atoms with E-state index in [0.29, 0.717) is 12.5 Å². The SMILES string of the molecule is CCC1C=C(NC)C=CC1(NC)C(=O)OCCC(C)C. The quantitative estimate of drug-likeness (QED) is 0.702. The van der Waals surface area contributed by atoms with E-state index >= 15 is 0 Å². The first-order valence-corrected chi connectivity index (χ1v) is 7.45. The van der Waals surface area contributed by atoms with Gasteiger partial charge in [-0.25, -0.2) is 4.79 Å². The average molecular weight is 280 g/mol. The zero-order chi connectivity index (χ0) is 15.2. The molecule has 0 heterocycles. The summed E-state index contributed by atoms with van der Waals surface area (Å²) in [6.45, 7) is 6.81. The molecule has 2 unspecified atom stereocenters. The van der Waals surface area contributed by atoms with Gasteiger partial charge >= 0.3 is 5.97 Å². The van der Waals surface area contributed by atoms with Gasteiger partial charge < -0.3 is 15.4 Å². The van der Waals surface area contributed by atoms with E-state index in [0.717, 1.165) is 18.5 Å². The van der Waals surface area contributed by atoms with Crippen LogP contribution in [0.4, 0.5) is 0 Å². The third-order valence-electron chi connectivity index (χ3n) is 3.90. The third kappa shape index (κ3) is 3.63. The minimum Gasteiger partial charge on any atom is -0.464 e. The molecule has 20 heavy (non-hydrogen) atoms. The van der Waals surface area contributed by atoms with Gasteiger partial charge in [0.1, 0.15) is 5.54 Å². The maximum Gasteiger partial charge on any atom is 0.330 e. The summed E-state index contributed by atoms with van der Waals surface area (Å²) < 4.78 is 5.49. The Hall–Kier alpha value is -1.29. The number of carbonyl (C=O) groups excluding carboxylic acids is 1. The van der Waals surface area contributed by atoms with E-state index in [2.05, 4.69) is 37.5 Å². The van der Waals surface area contributed by atoms with Crippen LogP contribution in [0.3, 0.4) is 0 Å². The lowest BCUT2D eigenvalue weighted by Crippen LogP contribution is -2.56. The number of hydrogen-bond acceptors (Lipinski definition) is 4. The number of rotatable bonds is 7. The Bertz CT molecular complexity index is 388. The fourth-order valence-electron chi connectivity index (χ4n) is 2.45. The predicted octanol–water partition coefficient (Wildman–Crippen LogP) is 2.23. The van der Waals surface area contributed by atoms with Crippen molar-refractivity contribution in [3.63, 3.8) is 0 Å². The third-order valence-corrected chi connectivity index (χ3v) is 3.90. The molecule has 1 aliphatic rings. The van der Waals surface area contributed by atoms with Crippen LogP contribution in [0.1, 0.15) is 33.6 Å². The van der Waals surface area contributed by atoms with Crippen molar-refractivity contribution in [3.05, 3.63) is 23.9 Å². The largest absolute Gasteiger partial charge is 0.464 e. The first kappa shape index (κ1) is 16.8. The van der Waals surface area contributed by atoms with Gasteiger partial charge in [-0.1, -0.05) is 32.9 Å². The van der Waals surface area contributed by atoms with E-state index in [-0.39, 0.29) is 11.9 Å². The molecular weight excluding hydrogens is 252 g/mol. The lowest BCUT2D eigenvalue weighted by atomic mass is 9.78. The smallest absolute Gasteiger partial charge is 0.330 e. The van der Waals surface area contributed by atoms with Crippen molar-refractivity contribution in [1.82, 2.24) is 10.6 Å². The minimum absolute atomic E-state index is 0.0894. The summed E-state index contributed by atoms with van der Waals surface area (Å²) in [4.78, 5) is 12.5. The molecule has 0 spiro atoms. The Balaban J connectivity index is 2.83. The molecule has 2 N–H and O–H groups in total. The van der Waals surface area contributed by atoms with Crippen molar-refractivity contribution < 1.29 is 9.53 Å². The van der Waals surface area contributed by atoms with E-state index in [4.69, 9.17) is 4.74 Å². The molecule has 0 aromatic rings. The summed E-state index contributed by atoms with van der Waals surface area (Å²) >= 11 is 0. The van der Waals surface area contributed by atoms with Crippen molar-refractivity contribution in [2.75, 3.05) is 20.7 Å². The van der Waals surface area contributed by atoms with Crippen LogP contribution in [0.15, 0.2) is 23.9 Å². The van der Waals surface area contributed by atoms with Crippen molar-refractivity contribution >= 4 is 5.97 Å². The monoisotopic (exact) mass is 280 g/mol. The highest BCUT2D eigenvalue weighted by Gasteiger charge is 2.43. The van der Waals surface area contributed by atoms with Gasteiger partial charge in [-0.15, -0.1) is 0 Å². The van der Waals surface area contributed by atoms with Crippen LogP contribution in [-0.4, -0.2) is 32.2 Å². The number of hydrogen-bond donors (Lipinski definition) is 2. The van der Waals surface area contributed by atoms with Crippen LogP contribution in [0.2, 0.25) is 0 Å². The maximum atomic E-state index is 12.5. The molecule has 0 aromatic carbocycles. The summed E-state index contributed by atoms with van der Waals surface area (Å²) in [5.74, 6) is 0.439. The first-order chi connectivity index (χ1) is 9.50. The normalized spacial score (nSPS) is 25.5. The van der Waals surface area contributed by atoms with E-state index in [9.17, 15) is 4.79 Å². The van der Waals surface area contributed by atoms with Gasteiger partial charge in [-0.2, -0.15) is 0 Å². The first-order valence-electron chi connectivity index (χ1n) is 7.45. The van der Waals surface area contributed by atoms with Crippen LogP contribution in [0.25, 0.3) is 0 Å². The fourth-order valence-corrected chi connectivity index (χ4v) is 2.45. The molecule has 0 radical (unpaired) electrons. The van der Waals surface area contributed by atoms with Gasteiger partial charge in [0, 0.05) is 18.7 Å². The molecule has 1 aliphatic carbocycles. The Morgan fingerprint density at radius 2 is 2.15 bits per heavy atom. The molecule has 4 heteroatoms. The summed E-state index contributed by atoms with van der Waals surface area (Å²) in [5, 5.41) is 6.29. The molecule has 0 bridgehead atoms. The Labute approximate surface area is 122 Å². The molecule has 0 fully saturated rings. The number of allylic oxidation sites excluding steroid dienone is 1. The van der Waals surface area contributed by atoms with Crippen LogP contribution in [0, 0.1) is 11.8 Å². The van der Waals surface area contributed by atoms with Crippen LogP contribution in [0.5, 0.6) is 0 Å². The van der Waals surface area contributed by atoms with E-state index < -0.39 is 5.54 Å². The predicted molar refractivity (Wildman–Crippen MR) is 82.3 cm³/mol. The van der Waals surface area contributed by atoms with Crippen LogP contribution < -0.4 is 10.6 Å². The summed E-state index contributed by atoms with van der Waals surface area (Å²) in [6.07, 6.45) is 7.72. The number of nitrogens with one attached hydrogen (secondary N) is 2. The van der Waals surface area contributed by atoms with Crippen molar-refractivity contribution in [3.8, 4) is 0 Å². The number of likely N-dealkylation sites (N-methyl/N-ethyl adjacent to an activating group) is 2. The molecule has 0 saturated heterocycles.